The molecule has 0 radical (unpaired) electrons. The topological polar surface area (TPSA) is 89.4 Å². The summed E-state index contributed by atoms with van der Waals surface area (Å²) in [5.74, 6) is 0.904. The van der Waals surface area contributed by atoms with Crippen LogP contribution >= 0.6 is 0 Å². The summed E-state index contributed by atoms with van der Waals surface area (Å²) >= 11 is 0. The first-order valence-corrected chi connectivity index (χ1v) is 8.52. The smallest absolute Gasteiger partial charge is 0.294 e. The van der Waals surface area contributed by atoms with Gasteiger partial charge in [-0.15, -0.1) is 5.10 Å². The fourth-order valence-electron chi connectivity index (χ4n) is 2.90. The first kappa shape index (κ1) is 16.9. The summed E-state index contributed by atoms with van der Waals surface area (Å²) in [6.07, 6.45) is 5.01. The van der Waals surface area contributed by atoms with Crippen molar-refractivity contribution in [3.8, 4) is 0 Å². The molecular weight excluding hydrogens is 344 g/mol. The van der Waals surface area contributed by atoms with Gasteiger partial charge in [0.1, 0.15) is 5.76 Å². The molecule has 0 fully saturated rings. The normalized spacial score (nSPS) is 11.0. The molecule has 4 aromatic rings. The second-order valence-electron chi connectivity index (χ2n) is 6.29. The van der Waals surface area contributed by atoms with E-state index in [9.17, 15) is 4.79 Å². The van der Waals surface area contributed by atoms with Crippen LogP contribution in [0.1, 0.15) is 33.3 Å². The standard InChI is InChI=1S/C19H18N6O2/c1-13-9-14(2)25-19(21-13)22-17(23-25)18(26)24(12-16-6-4-8-27-16)11-15-5-3-7-20-10-15/h3-10H,11-12H2,1-2H3. The van der Waals surface area contributed by atoms with Crippen molar-refractivity contribution >= 4 is 11.7 Å². The van der Waals surface area contributed by atoms with E-state index in [4.69, 9.17) is 4.42 Å². The van der Waals surface area contributed by atoms with E-state index in [-0.39, 0.29) is 11.7 Å². The van der Waals surface area contributed by atoms with Gasteiger partial charge in [-0.05, 0) is 43.7 Å². The summed E-state index contributed by atoms with van der Waals surface area (Å²) in [6.45, 7) is 4.46. The lowest BCUT2D eigenvalue weighted by molar-refractivity contribution is 0.0705. The maximum atomic E-state index is 13.1. The summed E-state index contributed by atoms with van der Waals surface area (Å²) < 4.78 is 6.99. The lowest BCUT2D eigenvalue weighted by Gasteiger charge is -2.20. The van der Waals surface area contributed by atoms with Gasteiger partial charge < -0.3 is 9.32 Å². The molecular formula is C19H18N6O2. The predicted octanol–water partition coefficient (Wildman–Crippen LogP) is 2.57. The molecule has 0 aliphatic carbocycles. The average Bonchev–Trinajstić information content (AvgIpc) is 3.31. The molecule has 4 rings (SSSR count). The van der Waals surface area contributed by atoms with E-state index in [1.165, 1.54) is 0 Å². The molecule has 4 aromatic heterocycles. The van der Waals surface area contributed by atoms with Crippen LogP contribution in [0.4, 0.5) is 0 Å². The Labute approximate surface area is 155 Å². The molecule has 8 nitrogen and oxygen atoms in total. The van der Waals surface area contributed by atoms with Crippen molar-refractivity contribution in [2.45, 2.75) is 26.9 Å². The molecule has 0 aliphatic heterocycles. The maximum absolute atomic E-state index is 13.1. The van der Waals surface area contributed by atoms with Gasteiger partial charge >= 0.3 is 0 Å². The predicted molar refractivity (Wildman–Crippen MR) is 96.8 cm³/mol. The van der Waals surface area contributed by atoms with Gasteiger partial charge in [-0.3, -0.25) is 9.78 Å². The number of nitrogens with zero attached hydrogens (tertiary/aromatic N) is 6. The molecule has 4 heterocycles. The van der Waals surface area contributed by atoms with Gasteiger partial charge in [0.2, 0.25) is 5.82 Å². The summed E-state index contributed by atoms with van der Waals surface area (Å²) in [6, 6.07) is 9.27. The van der Waals surface area contributed by atoms with Crippen LogP contribution in [-0.2, 0) is 13.1 Å². The highest BCUT2D eigenvalue weighted by Gasteiger charge is 2.23. The monoisotopic (exact) mass is 362 g/mol. The number of hydrogen-bond donors (Lipinski definition) is 0. The van der Waals surface area contributed by atoms with Gasteiger partial charge in [0, 0.05) is 30.3 Å². The Kier molecular flexibility index (Phi) is 4.37. The van der Waals surface area contributed by atoms with Crippen molar-refractivity contribution in [2.75, 3.05) is 0 Å². The molecule has 136 valence electrons. The van der Waals surface area contributed by atoms with Crippen LogP contribution in [-0.4, -0.2) is 35.4 Å². The quantitative estimate of drug-likeness (QED) is 0.542. The molecule has 0 unspecified atom stereocenters. The number of aromatic nitrogens is 5. The van der Waals surface area contributed by atoms with E-state index in [1.807, 2.05) is 38.1 Å². The number of pyridine rings is 1. The van der Waals surface area contributed by atoms with Crippen LogP contribution in [0.3, 0.4) is 0 Å². The van der Waals surface area contributed by atoms with Gasteiger partial charge in [0.05, 0.1) is 12.8 Å². The third-order valence-corrected chi connectivity index (χ3v) is 4.12. The Morgan fingerprint density at radius 3 is 2.81 bits per heavy atom. The van der Waals surface area contributed by atoms with E-state index < -0.39 is 0 Å². The highest BCUT2D eigenvalue weighted by Crippen LogP contribution is 2.14. The van der Waals surface area contributed by atoms with E-state index in [1.54, 1.807) is 34.1 Å². The Morgan fingerprint density at radius 1 is 1.19 bits per heavy atom. The summed E-state index contributed by atoms with van der Waals surface area (Å²) in [5, 5.41) is 4.35. The van der Waals surface area contributed by atoms with Gasteiger partial charge in [-0.25, -0.2) is 9.50 Å². The average molecular weight is 362 g/mol. The number of hydrogen-bond acceptors (Lipinski definition) is 6. The molecule has 0 saturated heterocycles. The number of rotatable bonds is 5. The van der Waals surface area contributed by atoms with Crippen LogP contribution in [0, 0.1) is 13.8 Å². The number of amides is 1. The lowest BCUT2D eigenvalue weighted by Crippen LogP contribution is -2.31. The van der Waals surface area contributed by atoms with Crippen LogP contribution in [0.25, 0.3) is 5.78 Å². The zero-order chi connectivity index (χ0) is 18.8. The number of furan rings is 1. The largest absolute Gasteiger partial charge is 0.467 e. The fraction of sp³-hybridized carbons (Fsp3) is 0.211. The van der Waals surface area contributed by atoms with Gasteiger partial charge in [-0.2, -0.15) is 4.98 Å². The van der Waals surface area contributed by atoms with Crippen molar-refractivity contribution in [1.82, 2.24) is 29.5 Å². The third kappa shape index (κ3) is 3.55. The second-order valence-corrected chi connectivity index (χ2v) is 6.29. The Bertz CT molecular complexity index is 1070. The van der Waals surface area contributed by atoms with Gasteiger partial charge in [-0.1, -0.05) is 6.07 Å². The van der Waals surface area contributed by atoms with Gasteiger partial charge in [0.15, 0.2) is 0 Å². The molecule has 0 spiro atoms. The van der Waals surface area contributed by atoms with E-state index in [2.05, 4.69) is 20.1 Å². The van der Waals surface area contributed by atoms with Crippen molar-refractivity contribution in [3.05, 3.63) is 77.5 Å². The molecule has 8 heteroatoms. The first-order valence-electron chi connectivity index (χ1n) is 8.52. The molecule has 0 aliphatic rings. The van der Waals surface area contributed by atoms with Crippen LogP contribution in [0.2, 0.25) is 0 Å². The van der Waals surface area contributed by atoms with Crippen LogP contribution in [0.15, 0.2) is 53.4 Å². The maximum Gasteiger partial charge on any atom is 0.294 e. The fourth-order valence-corrected chi connectivity index (χ4v) is 2.90. The van der Waals surface area contributed by atoms with Crippen LogP contribution < -0.4 is 0 Å². The van der Waals surface area contributed by atoms with E-state index >= 15 is 0 Å². The molecule has 0 atom stereocenters. The summed E-state index contributed by atoms with van der Waals surface area (Å²) in [7, 11) is 0. The van der Waals surface area contributed by atoms with Crippen molar-refractivity contribution in [3.63, 3.8) is 0 Å². The molecule has 1 amide bonds. The minimum atomic E-state index is -0.294. The molecule has 0 bridgehead atoms. The van der Waals surface area contributed by atoms with Crippen molar-refractivity contribution < 1.29 is 9.21 Å². The highest BCUT2D eigenvalue weighted by molar-refractivity contribution is 5.90. The second kappa shape index (κ2) is 6.99. The SMILES string of the molecule is Cc1cc(C)n2nc(C(=O)N(Cc3cccnc3)Cc3ccco3)nc2n1. The number of carbonyl (C=O) groups excluding carboxylic acids is 1. The van der Waals surface area contributed by atoms with Crippen molar-refractivity contribution in [2.24, 2.45) is 0 Å². The Balaban J connectivity index is 1.68. The summed E-state index contributed by atoms with van der Waals surface area (Å²) in [4.78, 5) is 27.6. The zero-order valence-electron chi connectivity index (χ0n) is 15.0. The van der Waals surface area contributed by atoms with E-state index in [0.29, 0.717) is 24.6 Å². The third-order valence-electron chi connectivity index (χ3n) is 4.12. The number of fused-ring (bicyclic) bond motifs is 1. The minimum absolute atomic E-state index is 0.103. The molecule has 0 N–H and O–H groups in total. The highest BCUT2D eigenvalue weighted by atomic mass is 16.3. The minimum Gasteiger partial charge on any atom is -0.467 e. The van der Waals surface area contributed by atoms with Gasteiger partial charge in [0.25, 0.3) is 11.7 Å². The zero-order valence-corrected chi connectivity index (χ0v) is 15.0. The molecule has 0 saturated carbocycles. The summed E-state index contributed by atoms with van der Waals surface area (Å²) in [5.41, 5.74) is 2.61. The Morgan fingerprint density at radius 2 is 2.07 bits per heavy atom. The first-order chi connectivity index (χ1) is 13.1. The lowest BCUT2D eigenvalue weighted by atomic mass is 10.2. The molecule has 0 aromatic carbocycles. The van der Waals surface area contributed by atoms with Crippen LogP contribution in [0.5, 0.6) is 0 Å². The van der Waals surface area contributed by atoms with E-state index in [0.717, 1.165) is 17.0 Å². The number of aryl methyl sites for hydroxylation is 2. The molecule has 27 heavy (non-hydrogen) atoms. The van der Waals surface area contributed by atoms with Crippen molar-refractivity contribution in [1.29, 1.82) is 0 Å². The number of carbonyl (C=O) groups is 1. The Hall–Kier alpha value is -3.55.